The number of amides is 1. The molecule has 1 heterocycles. The van der Waals surface area contributed by atoms with E-state index in [9.17, 15) is 9.59 Å². The summed E-state index contributed by atoms with van der Waals surface area (Å²) in [6.07, 6.45) is 1.91. The van der Waals surface area contributed by atoms with Crippen molar-refractivity contribution in [2.75, 3.05) is 13.1 Å². The molecule has 1 N–H and O–H groups in total. The van der Waals surface area contributed by atoms with Crippen molar-refractivity contribution in [2.45, 2.75) is 31.8 Å². The van der Waals surface area contributed by atoms with Crippen molar-refractivity contribution in [3.8, 4) is 5.75 Å². The van der Waals surface area contributed by atoms with E-state index in [1.54, 1.807) is 0 Å². The summed E-state index contributed by atoms with van der Waals surface area (Å²) in [5.41, 5.74) is 0.819. The van der Waals surface area contributed by atoms with Gasteiger partial charge < -0.3 is 14.7 Å². The molecule has 1 aliphatic rings. The van der Waals surface area contributed by atoms with Crippen LogP contribution in [0.1, 0.15) is 37.4 Å². The standard InChI is InChI=1S/C22H25NO4/c24-20(25)14-13-17-8-7-15-23(16-17)22(26)21(18-9-3-1-4-10-18)27-19-11-5-2-6-12-19/h1-6,9-12,17,21H,7-8,13-16H2,(H,24,25). The Bertz CT molecular complexity index is 747. The second-order valence-corrected chi connectivity index (χ2v) is 6.95. The minimum Gasteiger partial charge on any atom is -0.481 e. The Labute approximate surface area is 159 Å². The van der Waals surface area contributed by atoms with E-state index >= 15 is 0 Å². The maximum Gasteiger partial charge on any atom is 0.303 e. The normalized spacial score (nSPS) is 17.9. The number of carbonyl (C=O) groups is 2. The molecule has 5 heteroatoms. The van der Waals surface area contributed by atoms with Crippen LogP contribution in [0.15, 0.2) is 60.7 Å². The lowest BCUT2D eigenvalue weighted by molar-refractivity contribution is -0.141. The summed E-state index contributed by atoms with van der Waals surface area (Å²) in [6.45, 7) is 1.28. The highest BCUT2D eigenvalue weighted by molar-refractivity contribution is 5.83. The lowest BCUT2D eigenvalue weighted by Gasteiger charge is -2.35. The Morgan fingerprint density at radius 1 is 1.07 bits per heavy atom. The van der Waals surface area contributed by atoms with E-state index in [2.05, 4.69) is 0 Å². The first-order valence-corrected chi connectivity index (χ1v) is 9.40. The first kappa shape index (κ1) is 19.0. The topological polar surface area (TPSA) is 66.8 Å². The molecule has 5 nitrogen and oxygen atoms in total. The van der Waals surface area contributed by atoms with Crippen LogP contribution >= 0.6 is 0 Å². The third kappa shape index (κ3) is 5.33. The monoisotopic (exact) mass is 367 g/mol. The molecule has 2 atom stereocenters. The van der Waals surface area contributed by atoms with Gasteiger partial charge in [0.15, 0.2) is 0 Å². The van der Waals surface area contributed by atoms with Gasteiger partial charge in [0.05, 0.1) is 0 Å². The average Bonchev–Trinajstić information content (AvgIpc) is 2.71. The fraction of sp³-hybridized carbons (Fsp3) is 0.364. The van der Waals surface area contributed by atoms with Crippen molar-refractivity contribution < 1.29 is 19.4 Å². The van der Waals surface area contributed by atoms with Gasteiger partial charge in [0.25, 0.3) is 5.91 Å². The molecule has 27 heavy (non-hydrogen) atoms. The molecular weight excluding hydrogens is 342 g/mol. The number of para-hydroxylation sites is 1. The van der Waals surface area contributed by atoms with E-state index in [1.165, 1.54) is 0 Å². The zero-order chi connectivity index (χ0) is 19.1. The summed E-state index contributed by atoms with van der Waals surface area (Å²) in [5.74, 6) is 0.0317. The Kier molecular flexibility index (Phi) is 6.47. The van der Waals surface area contributed by atoms with Gasteiger partial charge in [-0.1, -0.05) is 48.5 Å². The highest BCUT2D eigenvalue weighted by Gasteiger charge is 2.31. The number of carbonyl (C=O) groups excluding carboxylic acids is 1. The quantitative estimate of drug-likeness (QED) is 0.806. The number of piperidine rings is 1. The molecule has 1 aliphatic heterocycles. The number of ether oxygens (including phenoxy) is 1. The first-order valence-electron chi connectivity index (χ1n) is 9.40. The van der Waals surface area contributed by atoms with Crippen molar-refractivity contribution in [3.63, 3.8) is 0 Å². The third-order valence-electron chi connectivity index (χ3n) is 4.92. The van der Waals surface area contributed by atoms with Gasteiger partial charge in [0, 0.05) is 25.1 Å². The van der Waals surface area contributed by atoms with E-state index in [4.69, 9.17) is 9.84 Å². The zero-order valence-corrected chi connectivity index (χ0v) is 15.3. The Morgan fingerprint density at radius 3 is 2.41 bits per heavy atom. The van der Waals surface area contributed by atoms with Crippen molar-refractivity contribution >= 4 is 11.9 Å². The average molecular weight is 367 g/mol. The lowest BCUT2D eigenvalue weighted by Crippen LogP contribution is -2.43. The number of nitrogens with zero attached hydrogens (tertiary/aromatic N) is 1. The first-order chi connectivity index (χ1) is 13.1. The Morgan fingerprint density at radius 2 is 1.74 bits per heavy atom. The molecule has 1 fully saturated rings. The number of rotatable bonds is 7. The Balaban J connectivity index is 1.75. The highest BCUT2D eigenvalue weighted by Crippen LogP contribution is 2.27. The third-order valence-corrected chi connectivity index (χ3v) is 4.92. The van der Waals surface area contributed by atoms with E-state index in [0.29, 0.717) is 25.3 Å². The minimum atomic E-state index is -0.784. The maximum absolute atomic E-state index is 13.3. The molecule has 1 amide bonds. The van der Waals surface area contributed by atoms with Crippen LogP contribution in [0.2, 0.25) is 0 Å². The van der Waals surface area contributed by atoms with Crippen LogP contribution in [0.25, 0.3) is 0 Å². The van der Waals surface area contributed by atoms with Crippen LogP contribution < -0.4 is 4.74 Å². The number of carboxylic acid groups (broad SMARTS) is 1. The smallest absolute Gasteiger partial charge is 0.303 e. The molecular formula is C22H25NO4. The van der Waals surface area contributed by atoms with E-state index < -0.39 is 12.1 Å². The van der Waals surface area contributed by atoms with Crippen molar-refractivity contribution in [1.29, 1.82) is 0 Å². The molecule has 0 bridgehead atoms. The second-order valence-electron chi connectivity index (χ2n) is 6.95. The number of carboxylic acids is 1. The van der Waals surface area contributed by atoms with E-state index in [-0.39, 0.29) is 18.2 Å². The fourth-order valence-electron chi connectivity index (χ4n) is 3.52. The summed E-state index contributed by atoms with van der Waals surface area (Å²) in [6, 6.07) is 18.9. The molecule has 0 aliphatic carbocycles. The van der Waals surface area contributed by atoms with Gasteiger partial charge in [-0.15, -0.1) is 0 Å². The van der Waals surface area contributed by atoms with Gasteiger partial charge in [-0.05, 0) is 37.3 Å². The maximum atomic E-state index is 13.3. The van der Waals surface area contributed by atoms with Gasteiger partial charge in [0.2, 0.25) is 6.10 Å². The van der Waals surface area contributed by atoms with Crippen molar-refractivity contribution in [3.05, 3.63) is 66.2 Å². The van der Waals surface area contributed by atoms with Gasteiger partial charge in [-0.3, -0.25) is 9.59 Å². The summed E-state index contributed by atoms with van der Waals surface area (Å²) in [7, 11) is 0. The molecule has 0 saturated carbocycles. The van der Waals surface area contributed by atoms with Crippen LogP contribution in [-0.2, 0) is 9.59 Å². The van der Waals surface area contributed by atoms with Crippen LogP contribution in [0.4, 0.5) is 0 Å². The second kappa shape index (κ2) is 9.21. The number of aliphatic carboxylic acids is 1. The molecule has 1 saturated heterocycles. The highest BCUT2D eigenvalue weighted by atomic mass is 16.5. The number of benzene rings is 2. The lowest BCUT2D eigenvalue weighted by atomic mass is 9.92. The zero-order valence-electron chi connectivity index (χ0n) is 15.3. The van der Waals surface area contributed by atoms with Crippen LogP contribution in [0.5, 0.6) is 5.75 Å². The summed E-state index contributed by atoms with van der Waals surface area (Å²) < 4.78 is 6.06. The molecule has 3 rings (SSSR count). The molecule has 2 aromatic rings. The van der Waals surface area contributed by atoms with E-state index in [0.717, 1.165) is 18.4 Å². The summed E-state index contributed by atoms with van der Waals surface area (Å²) in [4.78, 5) is 26.0. The molecule has 0 aromatic heterocycles. The number of hydrogen-bond acceptors (Lipinski definition) is 3. The van der Waals surface area contributed by atoms with Crippen molar-refractivity contribution in [2.24, 2.45) is 5.92 Å². The largest absolute Gasteiger partial charge is 0.481 e. The SMILES string of the molecule is O=C(O)CCC1CCCN(C(=O)C(Oc2ccccc2)c2ccccc2)C1. The number of hydrogen-bond donors (Lipinski definition) is 1. The molecule has 2 unspecified atom stereocenters. The van der Waals surface area contributed by atoms with Gasteiger partial charge in [-0.2, -0.15) is 0 Å². The summed E-state index contributed by atoms with van der Waals surface area (Å²) in [5, 5.41) is 8.92. The van der Waals surface area contributed by atoms with Crippen LogP contribution in [0, 0.1) is 5.92 Å². The van der Waals surface area contributed by atoms with Gasteiger partial charge in [-0.25, -0.2) is 0 Å². The predicted octanol–water partition coefficient (Wildman–Crippen LogP) is 3.91. The molecule has 0 radical (unpaired) electrons. The Hall–Kier alpha value is -2.82. The molecule has 0 spiro atoms. The molecule has 2 aromatic carbocycles. The van der Waals surface area contributed by atoms with Gasteiger partial charge in [0.1, 0.15) is 5.75 Å². The summed E-state index contributed by atoms with van der Waals surface area (Å²) >= 11 is 0. The predicted molar refractivity (Wildman–Crippen MR) is 102 cm³/mol. The van der Waals surface area contributed by atoms with Crippen LogP contribution in [-0.4, -0.2) is 35.0 Å². The fourth-order valence-corrected chi connectivity index (χ4v) is 3.52. The van der Waals surface area contributed by atoms with Gasteiger partial charge >= 0.3 is 5.97 Å². The van der Waals surface area contributed by atoms with Crippen molar-refractivity contribution in [1.82, 2.24) is 4.90 Å². The van der Waals surface area contributed by atoms with E-state index in [1.807, 2.05) is 65.6 Å². The number of likely N-dealkylation sites (tertiary alicyclic amines) is 1. The van der Waals surface area contributed by atoms with Crippen LogP contribution in [0.3, 0.4) is 0 Å². The minimum absolute atomic E-state index is 0.0647. The molecule has 142 valence electrons.